The molecule has 0 aliphatic heterocycles. The minimum Gasteiger partial charge on any atom is -0.329 e. The lowest BCUT2D eigenvalue weighted by molar-refractivity contribution is -0.111. The third-order valence-electron chi connectivity index (χ3n) is 2.46. The molecular weight excluding hydrogens is 232 g/mol. The summed E-state index contributed by atoms with van der Waals surface area (Å²) >= 11 is 0. The molecule has 3 nitrogen and oxygen atoms in total. The van der Waals surface area contributed by atoms with Crippen LogP contribution in [0.3, 0.4) is 0 Å². The van der Waals surface area contributed by atoms with Gasteiger partial charge < -0.3 is 10.5 Å². The number of hydrogen-bond donors (Lipinski definition) is 1. The average molecular weight is 259 g/mol. The summed E-state index contributed by atoms with van der Waals surface area (Å²) in [4.78, 5) is 16.6. The summed E-state index contributed by atoms with van der Waals surface area (Å²) in [5.41, 5.74) is 5.47. The smallest absolute Gasteiger partial charge is 0.124 e. The van der Waals surface area contributed by atoms with Crippen molar-refractivity contribution in [1.29, 1.82) is 0 Å². The number of carbonyl (C=O) groups excluding carboxylic acids is 1. The van der Waals surface area contributed by atoms with E-state index in [2.05, 4.69) is 44.3 Å². The second-order valence-electron chi connectivity index (χ2n) is 6.22. The molecule has 0 aromatic rings. The topological polar surface area (TPSA) is 55.5 Å². The van der Waals surface area contributed by atoms with Crippen molar-refractivity contribution >= 4 is 26.9 Å². The highest BCUT2D eigenvalue weighted by atomic mass is 28.3. The SMILES string of the molecule is C[Si](C)(C)C(=O)CC(=NCCN)[Si](C)(C)C. The Bertz CT molecular complexity index is 275. The largest absolute Gasteiger partial charge is 0.329 e. The first-order valence-electron chi connectivity index (χ1n) is 5.86. The van der Waals surface area contributed by atoms with E-state index in [1.807, 2.05) is 0 Å². The Morgan fingerprint density at radius 3 is 1.88 bits per heavy atom. The molecule has 0 spiro atoms. The van der Waals surface area contributed by atoms with Gasteiger partial charge in [-0.1, -0.05) is 39.3 Å². The monoisotopic (exact) mass is 258 g/mol. The normalized spacial score (nSPS) is 14.1. The summed E-state index contributed by atoms with van der Waals surface area (Å²) < 4.78 is 0. The molecule has 0 aliphatic rings. The molecule has 0 radical (unpaired) electrons. The van der Waals surface area contributed by atoms with Crippen LogP contribution in [-0.4, -0.2) is 40.0 Å². The lowest BCUT2D eigenvalue weighted by atomic mass is 10.5. The van der Waals surface area contributed by atoms with Gasteiger partial charge in [0, 0.05) is 18.3 Å². The molecule has 94 valence electrons. The van der Waals surface area contributed by atoms with Crippen molar-refractivity contribution in [3.8, 4) is 0 Å². The first-order valence-corrected chi connectivity index (χ1v) is 12.9. The highest BCUT2D eigenvalue weighted by Gasteiger charge is 2.29. The Morgan fingerprint density at radius 2 is 1.56 bits per heavy atom. The van der Waals surface area contributed by atoms with Gasteiger partial charge in [-0.05, 0) is 0 Å². The Hall–Kier alpha value is -0.266. The van der Waals surface area contributed by atoms with E-state index in [1.54, 1.807) is 0 Å². The lowest BCUT2D eigenvalue weighted by Gasteiger charge is -2.22. The van der Waals surface area contributed by atoms with Crippen molar-refractivity contribution in [2.75, 3.05) is 13.1 Å². The molecule has 5 heteroatoms. The minimum absolute atomic E-state index is 0.408. The van der Waals surface area contributed by atoms with E-state index >= 15 is 0 Å². The molecule has 0 atom stereocenters. The summed E-state index contributed by atoms with van der Waals surface area (Å²) in [7, 11) is -3.14. The van der Waals surface area contributed by atoms with E-state index in [1.165, 1.54) is 0 Å². The van der Waals surface area contributed by atoms with E-state index in [9.17, 15) is 4.79 Å². The molecule has 0 heterocycles. The van der Waals surface area contributed by atoms with E-state index in [4.69, 9.17) is 5.73 Å². The maximum atomic E-state index is 12.1. The summed E-state index contributed by atoms with van der Waals surface area (Å²) in [5.74, 6) is 0. The van der Waals surface area contributed by atoms with Crippen LogP contribution in [0.25, 0.3) is 0 Å². The van der Waals surface area contributed by atoms with Crippen LogP contribution in [0.15, 0.2) is 4.99 Å². The molecule has 0 fully saturated rings. The summed E-state index contributed by atoms with van der Waals surface area (Å²) in [6, 6.07) is 0. The molecule has 2 N–H and O–H groups in total. The predicted molar refractivity (Wildman–Crippen MR) is 77.7 cm³/mol. The van der Waals surface area contributed by atoms with Crippen LogP contribution in [-0.2, 0) is 4.79 Å². The molecule has 0 rings (SSSR count). The van der Waals surface area contributed by atoms with Crippen LogP contribution >= 0.6 is 0 Å². The molecule has 0 saturated heterocycles. The number of carbonyl (C=O) groups is 1. The van der Waals surface area contributed by atoms with Gasteiger partial charge in [-0.25, -0.2) is 0 Å². The fourth-order valence-corrected chi connectivity index (χ4v) is 3.33. The zero-order valence-corrected chi connectivity index (χ0v) is 13.6. The van der Waals surface area contributed by atoms with Gasteiger partial charge >= 0.3 is 0 Å². The quantitative estimate of drug-likeness (QED) is 0.586. The van der Waals surface area contributed by atoms with Gasteiger partial charge in [0.15, 0.2) is 0 Å². The maximum Gasteiger partial charge on any atom is 0.124 e. The molecule has 0 unspecified atom stereocenters. The van der Waals surface area contributed by atoms with Gasteiger partial charge in [0.2, 0.25) is 0 Å². The van der Waals surface area contributed by atoms with Crippen LogP contribution in [0.1, 0.15) is 6.42 Å². The van der Waals surface area contributed by atoms with Gasteiger partial charge in [-0.15, -0.1) is 0 Å². The van der Waals surface area contributed by atoms with Gasteiger partial charge in [-0.3, -0.25) is 4.99 Å². The number of nitrogens with two attached hydrogens (primary N) is 1. The highest BCUT2D eigenvalue weighted by Crippen LogP contribution is 2.13. The van der Waals surface area contributed by atoms with Crippen molar-refractivity contribution in [3.05, 3.63) is 0 Å². The summed E-state index contributed by atoms with van der Waals surface area (Å²) in [5, 5.41) is 1.54. The molecular formula is C11H26N2OSi2. The number of aliphatic imine (C=N–C) groups is 1. The molecule has 0 amide bonds. The van der Waals surface area contributed by atoms with Crippen molar-refractivity contribution < 1.29 is 4.79 Å². The van der Waals surface area contributed by atoms with Crippen molar-refractivity contribution in [3.63, 3.8) is 0 Å². The number of hydrogen-bond acceptors (Lipinski definition) is 3. The molecule has 16 heavy (non-hydrogen) atoms. The van der Waals surface area contributed by atoms with Crippen molar-refractivity contribution in [2.24, 2.45) is 10.7 Å². The third-order valence-corrected chi connectivity index (χ3v) is 6.38. The van der Waals surface area contributed by atoms with Crippen molar-refractivity contribution in [2.45, 2.75) is 45.7 Å². The standard InChI is InChI=1S/C11H26N2OSi2/c1-15(2,3)10(13-8-7-12)9-11(14)16(4,5)6/h7-9,12H2,1-6H3. The van der Waals surface area contributed by atoms with E-state index in [0.29, 0.717) is 24.9 Å². The van der Waals surface area contributed by atoms with E-state index in [0.717, 1.165) is 5.33 Å². The second-order valence-corrected chi connectivity index (χ2v) is 16.4. The number of rotatable bonds is 6. The highest BCUT2D eigenvalue weighted by molar-refractivity contribution is 7.09. The Kier molecular flexibility index (Phi) is 5.79. The second kappa shape index (κ2) is 5.88. The summed E-state index contributed by atoms with van der Waals surface area (Å²) in [6.07, 6.45) is 0.561. The lowest BCUT2D eigenvalue weighted by Crippen LogP contribution is -2.41. The third kappa shape index (κ3) is 5.72. The Balaban J connectivity index is 4.77. The fraction of sp³-hybridized carbons (Fsp3) is 0.818. The zero-order valence-electron chi connectivity index (χ0n) is 11.6. The van der Waals surface area contributed by atoms with Gasteiger partial charge in [0.1, 0.15) is 13.5 Å². The van der Waals surface area contributed by atoms with Crippen LogP contribution in [0.5, 0.6) is 0 Å². The maximum absolute atomic E-state index is 12.1. The van der Waals surface area contributed by atoms with E-state index in [-0.39, 0.29) is 0 Å². The zero-order chi connectivity index (χ0) is 13.0. The number of nitrogens with zero attached hydrogens (tertiary/aromatic N) is 1. The van der Waals surface area contributed by atoms with E-state index < -0.39 is 16.1 Å². The first kappa shape index (κ1) is 15.7. The molecule has 0 saturated carbocycles. The van der Waals surface area contributed by atoms with Crippen LogP contribution in [0, 0.1) is 0 Å². The van der Waals surface area contributed by atoms with Gasteiger partial charge in [0.25, 0.3) is 0 Å². The average Bonchev–Trinajstić information content (AvgIpc) is 2.08. The van der Waals surface area contributed by atoms with Gasteiger partial charge in [0.05, 0.1) is 14.6 Å². The van der Waals surface area contributed by atoms with Crippen LogP contribution < -0.4 is 5.73 Å². The van der Waals surface area contributed by atoms with Gasteiger partial charge in [-0.2, -0.15) is 0 Å². The Labute approximate surface area is 102 Å². The minimum atomic E-state index is -1.67. The summed E-state index contributed by atoms with van der Waals surface area (Å²) in [6.45, 7) is 14.2. The molecule has 0 aliphatic carbocycles. The van der Waals surface area contributed by atoms with Crippen LogP contribution in [0.2, 0.25) is 39.3 Å². The predicted octanol–water partition coefficient (Wildman–Crippen LogP) is 2.10. The molecule has 0 aromatic heterocycles. The Morgan fingerprint density at radius 1 is 1.06 bits per heavy atom. The molecule has 0 bridgehead atoms. The van der Waals surface area contributed by atoms with Crippen LogP contribution in [0.4, 0.5) is 0 Å². The fourth-order valence-electron chi connectivity index (χ4n) is 1.17. The first-order chi connectivity index (χ1) is 7.09. The molecule has 0 aromatic carbocycles. The van der Waals surface area contributed by atoms with Crippen molar-refractivity contribution in [1.82, 2.24) is 0 Å².